The molecule has 0 amide bonds. The molecule has 1 aliphatic carbocycles. The molecule has 0 saturated heterocycles. The molecule has 1 aliphatic heterocycles. The zero-order valence-electron chi connectivity index (χ0n) is 10.1. The molecule has 1 N–H and O–H groups in total. The van der Waals surface area contributed by atoms with Gasteiger partial charge in [0.1, 0.15) is 5.75 Å². The smallest absolute Gasteiger partial charge is 0.137 e. The maximum Gasteiger partial charge on any atom is 0.137 e. The minimum Gasteiger partial charge on any atom is -0.495 e. The van der Waals surface area contributed by atoms with E-state index in [2.05, 4.69) is 17.4 Å². The highest BCUT2D eigenvalue weighted by Crippen LogP contribution is 2.41. The van der Waals surface area contributed by atoms with Crippen LogP contribution in [-0.2, 0) is 6.42 Å². The molecule has 92 valence electrons. The van der Waals surface area contributed by atoms with Crippen molar-refractivity contribution in [1.29, 1.82) is 0 Å². The number of hydrogen-bond acceptors (Lipinski definition) is 2. The van der Waals surface area contributed by atoms with Gasteiger partial charge in [-0.05, 0) is 55.0 Å². The first-order chi connectivity index (χ1) is 8.29. The molecular weight excluding hydrogens is 234 g/mol. The minimum atomic E-state index is 0.652. The third kappa shape index (κ3) is 1.94. The maximum atomic E-state index is 6.21. The zero-order chi connectivity index (χ0) is 11.8. The molecule has 17 heavy (non-hydrogen) atoms. The average molecular weight is 252 g/mol. The van der Waals surface area contributed by atoms with Crippen LogP contribution in [0.2, 0.25) is 5.02 Å². The first kappa shape index (κ1) is 11.4. The number of nitrogens with one attached hydrogen (secondary N) is 1. The summed E-state index contributed by atoms with van der Waals surface area (Å²) in [5, 5.41) is 4.40. The lowest BCUT2D eigenvalue weighted by Crippen LogP contribution is -2.30. The van der Waals surface area contributed by atoms with Crippen molar-refractivity contribution in [3.05, 3.63) is 28.3 Å². The van der Waals surface area contributed by atoms with Gasteiger partial charge in [-0.15, -0.1) is 0 Å². The average Bonchev–Trinajstić information content (AvgIpc) is 2.72. The lowest BCUT2D eigenvalue weighted by atomic mass is 9.90. The molecule has 3 heteroatoms. The van der Waals surface area contributed by atoms with Crippen molar-refractivity contribution in [3.8, 4) is 5.75 Å². The van der Waals surface area contributed by atoms with E-state index in [4.69, 9.17) is 16.3 Å². The van der Waals surface area contributed by atoms with Crippen molar-refractivity contribution in [2.75, 3.05) is 13.7 Å². The molecule has 1 fully saturated rings. The first-order valence-corrected chi connectivity index (χ1v) is 6.77. The van der Waals surface area contributed by atoms with Crippen LogP contribution in [0.25, 0.3) is 0 Å². The Labute approximate surface area is 107 Å². The van der Waals surface area contributed by atoms with E-state index in [-0.39, 0.29) is 0 Å². The molecule has 3 rings (SSSR count). The van der Waals surface area contributed by atoms with Gasteiger partial charge in [0.15, 0.2) is 0 Å². The number of halogens is 1. The fourth-order valence-corrected chi connectivity index (χ4v) is 3.56. The van der Waals surface area contributed by atoms with Crippen LogP contribution >= 0.6 is 11.6 Å². The minimum absolute atomic E-state index is 0.652. The van der Waals surface area contributed by atoms with Gasteiger partial charge in [-0.25, -0.2) is 0 Å². The van der Waals surface area contributed by atoms with Gasteiger partial charge in [-0.2, -0.15) is 0 Å². The van der Waals surface area contributed by atoms with E-state index < -0.39 is 0 Å². The Balaban J connectivity index is 2.07. The standard InChI is InChI=1S/C14H18ClNO/c1-17-14-8-11-9(7-12(14)15)5-6-16-13-4-2-3-10(11)13/h7-8,10,13,16H,2-6H2,1H3/t10-,13+/m1/s1. The Morgan fingerprint density at radius 3 is 3.06 bits per heavy atom. The number of fused-ring (bicyclic) bond motifs is 3. The summed E-state index contributed by atoms with van der Waals surface area (Å²) >= 11 is 6.21. The monoisotopic (exact) mass is 251 g/mol. The lowest BCUT2D eigenvalue weighted by molar-refractivity contribution is 0.413. The van der Waals surface area contributed by atoms with Crippen molar-refractivity contribution in [2.45, 2.75) is 37.6 Å². The van der Waals surface area contributed by atoms with Crippen molar-refractivity contribution >= 4 is 11.6 Å². The number of benzene rings is 1. The van der Waals surface area contributed by atoms with Gasteiger partial charge in [-0.3, -0.25) is 0 Å². The summed E-state index contributed by atoms with van der Waals surface area (Å²) in [7, 11) is 1.69. The normalized spacial score (nSPS) is 27.2. The second kappa shape index (κ2) is 4.51. The van der Waals surface area contributed by atoms with Crippen LogP contribution in [0.1, 0.15) is 36.3 Å². The molecule has 0 unspecified atom stereocenters. The second-order valence-electron chi connectivity index (χ2n) is 5.03. The topological polar surface area (TPSA) is 21.3 Å². The van der Waals surface area contributed by atoms with Gasteiger partial charge in [0.25, 0.3) is 0 Å². The molecule has 2 atom stereocenters. The van der Waals surface area contributed by atoms with Crippen molar-refractivity contribution in [1.82, 2.24) is 5.32 Å². The predicted octanol–water partition coefficient (Wildman–Crippen LogP) is 3.13. The summed E-state index contributed by atoms with van der Waals surface area (Å²) in [6, 6.07) is 4.91. The molecule has 0 spiro atoms. The van der Waals surface area contributed by atoms with Crippen LogP contribution in [-0.4, -0.2) is 19.7 Å². The molecule has 1 aromatic rings. The third-order valence-corrected chi connectivity index (χ3v) is 4.43. The summed E-state index contributed by atoms with van der Waals surface area (Å²) in [4.78, 5) is 0. The Bertz CT molecular complexity index is 432. The van der Waals surface area contributed by atoms with Crippen molar-refractivity contribution in [3.63, 3.8) is 0 Å². The molecule has 1 heterocycles. The Morgan fingerprint density at radius 1 is 1.35 bits per heavy atom. The van der Waals surface area contributed by atoms with E-state index >= 15 is 0 Å². The van der Waals surface area contributed by atoms with Crippen LogP contribution < -0.4 is 10.1 Å². The van der Waals surface area contributed by atoms with E-state index in [9.17, 15) is 0 Å². The molecule has 2 aliphatic rings. The van der Waals surface area contributed by atoms with Crippen LogP contribution in [0.3, 0.4) is 0 Å². The fourth-order valence-electron chi connectivity index (χ4n) is 3.30. The highest BCUT2D eigenvalue weighted by atomic mass is 35.5. The molecule has 0 bridgehead atoms. The summed E-state index contributed by atoms with van der Waals surface area (Å²) in [5.74, 6) is 1.47. The lowest BCUT2D eigenvalue weighted by Gasteiger charge is -2.20. The quantitative estimate of drug-likeness (QED) is 0.828. The van der Waals surface area contributed by atoms with Crippen LogP contribution in [0.4, 0.5) is 0 Å². The molecule has 0 aromatic heterocycles. The van der Waals surface area contributed by atoms with Crippen molar-refractivity contribution in [2.24, 2.45) is 0 Å². The van der Waals surface area contributed by atoms with E-state index in [1.54, 1.807) is 7.11 Å². The highest BCUT2D eigenvalue weighted by molar-refractivity contribution is 6.32. The number of ether oxygens (including phenoxy) is 1. The molecule has 1 saturated carbocycles. The van der Waals surface area contributed by atoms with Gasteiger partial charge >= 0.3 is 0 Å². The van der Waals surface area contributed by atoms with Gasteiger partial charge in [-0.1, -0.05) is 18.0 Å². The van der Waals surface area contributed by atoms with Gasteiger partial charge < -0.3 is 10.1 Å². The maximum absolute atomic E-state index is 6.21. The van der Waals surface area contributed by atoms with Crippen LogP contribution in [0, 0.1) is 0 Å². The SMILES string of the molecule is COc1cc2c(cc1Cl)CCN[C@H]1CCC[C@H]21. The summed E-state index contributed by atoms with van der Waals surface area (Å²) in [6.07, 6.45) is 4.99. The highest BCUT2D eigenvalue weighted by Gasteiger charge is 2.32. The van der Waals surface area contributed by atoms with Crippen LogP contribution in [0.15, 0.2) is 12.1 Å². The second-order valence-corrected chi connectivity index (χ2v) is 5.44. The first-order valence-electron chi connectivity index (χ1n) is 6.39. The fraction of sp³-hybridized carbons (Fsp3) is 0.571. The molecule has 0 radical (unpaired) electrons. The summed E-state index contributed by atoms with van der Waals surface area (Å²) in [6.45, 7) is 1.07. The van der Waals surface area contributed by atoms with E-state index in [0.717, 1.165) is 23.7 Å². The van der Waals surface area contributed by atoms with Crippen LogP contribution in [0.5, 0.6) is 5.75 Å². The van der Waals surface area contributed by atoms with Gasteiger partial charge in [0.05, 0.1) is 12.1 Å². The van der Waals surface area contributed by atoms with E-state index in [0.29, 0.717) is 12.0 Å². The Morgan fingerprint density at radius 2 is 2.24 bits per heavy atom. The van der Waals surface area contributed by atoms with Gasteiger partial charge in [0, 0.05) is 6.04 Å². The number of rotatable bonds is 1. The third-order valence-electron chi connectivity index (χ3n) is 4.13. The van der Waals surface area contributed by atoms with Crippen molar-refractivity contribution < 1.29 is 4.74 Å². The van der Waals surface area contributed by atoms with Gasteiger partial charge in [0.2, 0.25) is 0 Å². The molecule has 2 nitrogen and oxygen atoms in total. The largest absolute Gasteiger partial charge is 0.495 e. The zero-order valence-corrected chi connectivity index (χ0v) is 10.9. The number of methoxy groups -OCH3 is 1. The summed E-state index contributed by atoms with van der Waals surface area (Å²) in [5.41, 5.74) is 2.86. The summed E-state index contributed by atoms with van der Waals surface area (Å²) < 4.78 is 5.35. The molecular formula is C14H18ClNO. The molecule has 1 aromatic carbocycles. The Hall–Kier alpha value is -0.730. The van der Waals surface area contributed by atoms with E-state index in [1.807, 2.05) is 0 Å². The predicted molar refractivity (Wildman–Crippen MR) is 70.1 cm³/mol. The number of hydrogen-bond donors (Lipinski definition) is 1. The Kier molecular flexibility index (Phi) is 3.01. The van der Waals surface area contributed by atoms with E-state index in [1.165, 1.54) is 30.4 Å².